The van der Waals surface area contributed by atoms with Crippen molar-refractivity contribution in [3.05, 3.63) is 180 Å². The zero-order valence-corrected chi connectivity index (χ0v) is 37.1. The number of hydrogen-bond acceptors (Lipinski definition) is 4. The van der Waals surface area contributed by atoms with Crippen LogP contribution >= 0.6 is 0 Å². The molecule has 8 aromatic rings. The van der Waals surface area contributed by atoms with Crippen molar-refractivity contribution in [1.82, 2.24) is 0 Å². The molecule has 0 saturated carbocycles. The van der Waals surface area contributed by atoms with Gasteiger partial charge in [0.2, 0.25) is 0 Å². The fourth-order valence-electron chi connectivity index (χ4n) is 10.7. The third-order valence-corrected chi connectivity index (χ3v) is 14.1. The Morgan fingerprint density at radius 2 is 1.08 bits per heavy atom. The summed E-state index contributed by atoms with van der Waals surface area (Å²) in [5.74, 6) is -0.920. The minimum Gasteiger partial charge on any atom is -0.463 e. The van der Waals surface area contributed by atoms with Crippen LogP contribution in [0.15, 0.2) is 147 Å². The number of carbonyl (C=O) groups is 2. The van der Waals surface area contributed by atoms with Gasteiger partial charge >= 0.3 is 11.9 Å². The van der Waals surface area contributed by atoms with E-state index in [4.69, 9.17) is 9.47 Å². The number of carbonyl (C=O) groups excluding carboxylic acids is 2. The Kier molecular flexibility index (Phi) is 9.38. The largest absolute Gasteiger partial charge is 0.463 e. The second-order valence-electron chi connectivity index (χ2n) is 19.3. The minimum atomic E-state index is -0.658. The van der Waals surface area contributed by atoms with Gasteiger partial charge < -0.3 is 9.47 Å². The molecule has 0 heterocycles. The summed E-state index contributed by atoms with van der Waals surface area (Å²) < 4.78 is 11.4. The highest BCUT2D eigenvalue weighted by Crippen LogP contribution is 2.55. The Morgan fingerprint density at radius 3 is 1.73 bits per heavy atom. The molecule has 0 aliphatic heterocycles. The van der Waals surface area contributed by atoms with Crippen LogP contribution in [-0.4, -0.2) is 25.2 Å². The minimum absolute atomic E-state index is 0.0684. The molecule has 0 saturated heterocycles. The fourth-order valence-corrected chi connectivity index (χ4v) is 10.7. The molecule has 1 unspecified atom stereocenters. The molecule has 4 nitrogen and oxygen atoms in total. The second-order valence-corrected chi connectivity index (χ2v) is 19.3. The van der Waals surface area contributed by atoms with Crippen molar-refractivity contribution in [3.63, 3.8) is 0 Å². The Morgan fingerprint density at radius 1 is 0.571 bits per heavy atom. The van der Waals surface area contributed by atoms with Gasteiger partial charge in [-0.15, -0.1) is 0 Å². The van der Waals surface area contributed by atoms with Crippen LogP contribution in [0, 0.1) is 6.92 Å². The van der Waals surface area contributed by atoms with Gasteiger partial charge in [-0.2, -0.15) is 0 Å². The first-order chi connectivity index (χ1) is 30.2. The molecular weight excluding hydrogens is 773 g/mol. The van der Waals surface area contributed by atoms with Crippen molar-refractivity contribution in [2.75, 3.05) is 13.2 Å². The van der Waals surface area contributed by atoms with Crippen LogP contribution in [0.4, 0.5) is 0 Å². The Hall–Kier alpha value is -6.78. The number of benzene rings is 8. The van der Waals surface area contributed by atoms with Crippen molar-refractivity contribution < 1.29 is 19.1 Å². The monoisotopic (exact) mass is 824 g/mol. The molecule has 0 bridgehead atoms. The van der Waals surface area contributed by atoms with Gasteiger partial charge in [-0.1, -0.05) is 156 Å². The smallest absolute Gasteiger partial charge is 0.330 e. The first-order valence-electron chi connectivity index (χ1n) is 22.1. The highest BCUT2D eigenvalue weighted by atomic mass is 16.5. The Labute approximate surface area is 370 Å². The summed E-state index contributed by atoms with van der Waals surface area (Å²) in [5, 5.41) is 7.83. The van der Waals surface area contributed by atoms with E-state index in [1.807, 2.05) is 0 Å². The zero-order chi connectivity index (χ0) is 44.0. The number of esters is 2. The first-order valence-corrected chi connectivity index (χ1v) is 22.1. The second kappa shape index (κ2) is 14.7. The van der Waals surface area contributed by atoms with E-state index >= 15 is 0 Å². The number of fused-ring (bicyclic) bond motifs is 6. The fraction of sp³-hybridized carbons (Fsp3) is 0.220. The maximum Gasteiger partial charge on any atom is 0.330 e. The summed E-state index contributed by atoms with van der Waals surface area (Å²) in [7, 11) is 0. The van der Waals surface area contributed by atoms with Crippen LogP contribution in [0.1, 0.15) is 80.8 Å². The van der Waals surface area contributed by atoms with E-state index in [0.29, 0.717) is 12.8 Å². The average Bonchev–Trinajstić information content (AvgIpc) is 3.68. The van der Waals surface area contributed by atoms with Gasteiger partial charge in [-0.05, 0) is 148 Å². The van der Waals surface area contributed by atoms with E-state index in [0.717, 1.165) is 38.9 Å². The van der Waals surface area contributed by atoms with E-state index < -0.39 is 17.4 Å². The highest BCUT2D eigenvalue weighted by Gasteiger charge is 2.44. The van der Waals surface area contributed by atoms with Crippen LogP contribution < -0.4 is 0 Å². The number of aryl methyl sites for hydroxylation is 1. The van der Waals surface area contributed by atoms with Gasteiger partial charge in [-0.3, -0.25) is 0 Å². The van der Waals surface area contributed by atoms with E-state index in [-0.39, 0.29) is 24.0 Å². The predicted octanol–water partition coefficient (Wildman–Crippen LogP) is 14.3. The Balaban J connectivity index is 1.03. The molecule has 0 N–H and O–H groups in total. The van der Waals surface area contributed by atoms with Crippen molar-refractivity contribution >= 4 is 44.3 Å². The summed E-state index contributed by atoms with van der Waals surface area (Å²) in [6.07, 6.45) is 3.57. The van der Waals surface area contributed by atoms with Crippen molar-refractivity contribution in [1.29, 1.82) is 0 Å². The maximum atomic E-state index is 12.7. The van der Waals surface area contributed by atoms with E-state index in [2.05, 4.69) is 176 Å². The maximum absolute atomic E-state index is 12.7. The van der Waals surface area contributed by atoms with Gasteiger partial charge in [-0.25, -0.2) is 9.59 Å². The van der Waals surface area contributed by atoms with E-state index in [1.165, 1.54) is 83.4 Å². The van der Waals surface area contributed by atoms with Gasteiger partial charge in [0.25, 0.3) is 0 Å². The van der Waals surface area contributed by atoms with Crippen LogP contribution in [0.5, 0.6) is 0 Å². The predicted molar refractivity (Wildman–Crippen MR) is 260 cm³/mol. The lowest BCUT2D eigenvalue weighted by Gasteiger charge is -2.32. The van der Waals surface area contributed by atoms with Crippen LogP contribution in [-0.2, 0) is 35.3 Å². The molecule has 10 rings (SSSR count). The summed E-state index contributed by atoms with van der Waals surface area (Å²) >= 11 is 0. The van der Waals surface area contributed by atoms with Gasteiger partial charge in [0, 0.05) is 17.6 Å². The van der Waals surface area contributed by atoms with Crippen LogP contribution in [0.25, 0.3) is 76.8 Å². The molecule has 8 aromatic carbocycles. The van der Waals surface area contributed by atoms with E-state index in [1.54, 1.807) is 0 Å². The third-order valence-electron chi connectivity index (χ3n) is 14.1. The lowest BCUT2D eigenvalue weighted by atomic mass is 9.74. The van der Waals surface area contributed by atoms with Crippen molar-refractivity contribution in [3.8, 4) is 44.5 Å². The molecule has 4 heteroatoms. The first kappa shape index (κ1) is 40.3. The Bertz CT molecular complexity index is 3210. The lowest BCUT2D eigenvalue weighted by molar-refractivity contribution is -0.139. The molecule has 0 spiro atoms. The van der Waals surface area contributed by atoms with Crippen LogP contribution in [0.3, 0.4) is 0 Å². The van der Waals surface area contributed by atoms with Gasteiger partial charge in [0.15, 0.2) is 0 Å². The van der Waals surface area contributed by atoms with Crippen molar-refractivity contribution in [2.24, 2.45) is 0 Å². The van der Waals surface area contributed by atoms with Crippen LogP contribution in [0.2, 0.25) is 0 Å². The highest BCUT2D eigenvalue weighted by molar-refractivity contribution is 6.25. The molecular formula is C59H52O4. The molecule has 2 aliphatic rings. The van der Waals surface area contributed by atoms with E-state index in [9.17, 15) is 9.59 Å². The third kappa shape index (κ3) is 6.41. The average molecular weight is 825 g/mol. The summed E-state index contributed by atoms with van der Waals surface area (Å²) in [5.41, 5.74) is 16.0. The summed E-state index contributed by atoms with van der Waals surface area (Å²) in [4.78, 5) is 24.6. The van der Waals surface area contributed by atoms with Crippen molar-refractivity contribution in [2.45, 2.75) is 70.6 Å². The summed E-state index contributed by atoms with van der Waals surface area (Å²) in [6.45, 7) is 21.2. The quantitative estimate of drug-likeness (QED) is 0.0597. The van der Waals surface area contributed by atoms with Gasteiger partial charge in [0.05, 0.1) is 12.0 Å². The molecule has 312 valence electrons. The number of ether oxygens (including phenoxy) is 2. The zero-order valence-electron chi connectivity index (χ0n) is 37.1. The number of hydrogen-bond donors (Lipinski definition) is 0. The molecule has 2 aliphatic carbocycles. The van der Waals surface area contributed by atoms with Gasteiger partial charge in [0.1, 0.15) is 6.61 Å². The lowest BCUT2D eigenvalue weighted by Crippen LogP contribution is -2.33. The standard InChI is InChI=1S/C59H52O4/c1-9-53(60)62-27-11-26-59(34-63-54(61)10-2)51-28-35(3)12-20-46(51)47-23-17-38(32-52(47)59)37-16-22-44-45-24-18-39(33-50(45)58(7,8)49(44)31-37)43-21-15-36-13-14-40-29-42(57(4,5)6)30-41-19-25-48(43)56(36)55(40)41/h9-10,12-25,28-33H,1-2,11,26-27,34H2,3-8H3. The number of rotatable bonds is 10. The topological polar surface area (TPSA) is 52.6 Å². The molecule has 63 heavy (non-hydrogen) atoms. The molecule has 1 atom stereocenters. The summed E-state index contributed by atoms with van der Waals surface area (Å²) in [6, 6.07) is 45.8. The molecule has 0 amide bonds. The molecule has 0 aromatic heterocycles. The molecule has 0 fully saturated rings. The molecule has 0 radical (unpaired) electrons. The SMILES string of the molecule is C=CC(=O)OCCCC1(COC(=O)C=C)c2cc(C)ccc2-c2ccc(-c3ccc4c(c3)C(C)(C)c3cc(-c5ccc6ccc7cc(C(C)(C)C)cc8ccc5c6c78)ccc3-4)cc21. The normalized spacial score (nSPS) is 15.8.